The molecule has 7 nitrogen and oxygen atoms in total. The van der Waals surface area contributed by atoms with Crippen molar-refractivity contribution in [1.82, 2.24) is 15.4 Å². The second kappa shape index (κ2) is 10.8. The minimum atomic E-state index is -3.50. The first-order valence-electron chi connectivity index (χ1n) is 9.35. The van der Waals surface area contributed by atoms with Gasteiger partial charge in [-0.1, -0.05) is 31.5 Å². The fourth-order valence-electron chi connectivity index (χ4n) is 3.19. The molecule has 3 atom stereocenters. The summed E-state index contributed by atoms with van der Waals surface area (Å²) in [5.74, 6) is 1.34. The quantitative estimate of drug-likeness (QED) is 0.337. The maximum Gasteiger partial charge on any atom is 0.240 e. The van der Waals surface area contributed by atoms with Gasteiger partial charge in [-0.15, -0.1) is 0 Å². The third-order valence-corrected chi connectivity index (χ3v) is 7.83. The second-order valence-electron chi connectivity index (χ2n) is 6.51. The molecule has 9 heteroatoms. The Hall–Kier alpha value is -1.45. The van der Waals surface area contributed by atoms with Crippen LogP contribution in [0.2, 0.25) is 0 Å². The van der Waals surface area contributed by atoms with Crippen LogP contribution in [0.25, 0.3) is 0 Å². The lowest BCUT2D eigenvalue weighted by Gasteiger charge is -2.30. The standard InChI is InChI=1S/C18H30N4O3S2/c1-3-26(23)16-9-7-8-15(14-16)22-18(19-2)20-12-13-21-27(24,25)17-10-5-4-6-11-17/h4-6,10-11,15-16,21H,3,7-9,12-14H2,1-2H3,(H2,19,20,22). The summed E-state index contributed by atoms with van der Waals surface area (Å²) in [6, 6.07) is 8.54. The summed E-state index contributed by atoms with van der Waals surface area (Å²) in [6.45, 7) is 2.64. The number of benzene rings is 1. The molecule has 0 amide bonds. The third-order valence-electron chi connectivity index (χ3n) is 4.61. The highest BCUT2D eigenvalue weighted by Crippen LogP contribution is 2.22. The summed E-state index contributed by atoms with van der Waals surface area (Å²) in [4.78, 5) is 4.46. The number of sulfonamides is 1. The van der Waals surface area contributed by atoms with Crippen molar-refractivity contribution in [2.45, 2.75) is 48.8 Å². The highest BCUT2D eigenvalue weighted by Gasteiger charge is 2.26. The fourth-order valence-corrected chi connectivity index (χ4v) is 5.59. The van der Waals surface area contributed by atoms with Gasteiger partial charge in [0.1, 0.15) is 0 Å². The largest absolute Gasteiger partial charge is 0.355 e. The van der Waals surface area contributed by atoms with Gasteiger partial charge < -0.3 is 10.6 Å². The van der Waals surface area contributed by atoms with Crippen LogP contribution in [0.5, 0.6) is 0 Å². The second-order valence-corrected chi connectivity index (χ2v) is 10.3. The van der Waals surface area contributed by atoms with E-state index in [-0.39, 0.29) is 22.7 Å². The van der Waals surface area contributed by atoms with E-state index in [0.717, 1.165) is 25.7 Å². The molecule has 0 saturated heterocycles. The summed E-state index contributed by atoms with van der Waals surface area (Å²) in [5.41, 5.74) is 0. The number of rotatable bonds is 8. The molecule has 0 spiro atoms. The molecule has 152 valence electrons. The molecule has 0 bridgehead atoms. The summed E-state index contributed by atoms with van der Waals surface area (Å²) >= 11 is 0. The number of guanidine groups is 1. The van der Waals surface area contributed by atoms with E-state index >= 15 is 0 Å². The lowest BCUT2D eigenvalue weighted by atomic mass is 9.95. The van der Waals surface area contributed by atoms with Crippen molar-refractivity contribution in [3.8, 4) is 0 Å². The average Bonchev–Trinajstić information content (AvgIpc) is 2.70. The number of hydrogen-bond donors (Lipinski definition) is 3. The van der Waals surface area contributed by atoms with Gasteiger partial charge in [0.25, 0.3) is 0 Å². The summed E-state index contributed by atoms with van der Waals surface area (Å²) in [6.07, 6.45) is 3.98. The van der Waals surface area contributed by atoms with E-state index in [9.17, 15) is 12.6 Å². The minimum absolute atomic E-state index is 0.242. The van der Waals surface area contributed by atoms with Gasteiger partial charge in [-0.05, 0) is 31.4 Å². The first-order valence-corrected chi connectivity index (χ1v) is 12.2. The number of aliphatic imine (C=N–C) groups is 1. The molecule has 0 aromatic heterocycles. The minimum Gasteiger partial charge on any atom is -0.355 e. The Morgan fingerprint density at radius 3 is 2.63 bits per heavy atom. The lowest BCUT2D eigenvalue weighted by Crippen LogP contribution is -2.48. The van der Waals surface area contributed by atoms with Crippen molar-refractivity contribution in [2.24, 2.45) is 4.99 Å². The summed E-state index contributed by atoms with van der Waals surface area (Å²) in [5, 5.41) is 6.75. The molecule has 0 heterocycles. The van der Waals surface area contributed by atoms with E-state index in [4.69, 9.17) is 0 Å². The number of nitrogens with zero attached hydrogens (tertiary/aromatic N) is 1. The number of hydrogen-bond acceptors (Lipinski definition) is 4. The Labute approximate surface area is 164 Å². The molecule has 1 aliphatic rings. The lowest BCUT2D eigenvalue weighted by molar-refractivity contribution is 0.413. The van der Waals surface area contributed by atoms with Crippen LogP contribution in [0, 0.1) is 0 Å². The van der Waals surface area contributed by atoms with E-state index in [2.05, 4.69) is 20.3 Å². The topological polar surface area (TPSA) is 99.7 Å². The Morgan fingerprint density at radius 1 is 1.22 bits per heavy atom. The molecule has 27 heavy (non-hydrogen) atoms. The van der Waals surface area contributed by atoms with Gasteiger partial charge in [0.2, 0.25) is 10.0 Å². The Morgan fingerprint density at radius 2 is 1.96 bits per heavy atom. The van der Waals surface area contributed by atoms with Gasteiger partial charge in [-0.2, -0.15) is 0 Å². The van der Waals surface area contributed by atoms with E-state index < -0.39 is 20.8 Å². The predicted octanol–water partition coefficient (Wildman–Crippen LogP) is 1.21. The molecule has 3 unspecified atom stereocenters. The van der Waals surface area contributed by atoms with Crippen LogP contribution >= 0.6 is 0 Å². The molecular formula is C18H30N4O3S2. The van der Waals surface area contributed by atoms with Crippen LogP contribution in [0.15, 0.2) is 40.2 Å². The van der Waals surface area contributed by atoms with Crippen molar-refractivity contribution in [1.29, 1.82) is 0 Å². The predicted molar refractivity (Wildman–Crippen MR) is 111 cm³/mol. The van der Waals surface area contributed by atoms with E-state index in [1.165, 1.54) is 0 Å². The molecule has 1 aromatic rings. The highest BCUT2D eigenvalue weighted by atomic mass is 32.2. The first kappa shape index (κ1) is 21.8. The normalized spacial score (nSPS) is 22.2. The Kier molecular flexibility index (Phi) is 8.72. The molecule has 0 aliphatic heterocycles. The van der Waals surface area contributed by atoms with Crippen LogP contribution in [-0.2, 0) is 20.8 Å². The molecule has 1 saturated carbocycles. The third kappa shape index (κ3) is 6.90. The summed E-state index contributed by atoms with van der Waals surface area (Å²) in [7, 11) is -2.57. The molecule has 2 rings (SSSR count). The zero-order chi connectivity index (χ0) is 19.7. The highest BCUT2D eigenvalue weighted by molar-refractivity contribution is 7.89. The van der Waals surface area contributed by atoms with Gasteiger partial charge in [0.15, 0.2) is 5.96 Å². The molecule has 1 aromatic carbocycles. The van der Waals surface area contributed by atoms with E-state index in [1.54, 1.807) is 37.4 Å². The monoisotopic (exact) mass is 414 g/mol. The van der Waals surface area contributed by atoms with Crippen molar-refractivity contribution >= 4 is 26.8 Å². The zero-order valence-electron chi connectivity index (χ0n) is 16.0. The molecule has 3 N–H and O–H groups in total. The summed E-state index contributed by atoms with van der Waals surface area (Å²) < 4.78 is 39.0. The Bertz CT molecular complexity index is 738. The van der Waals surface area contributed by atoms with Crippen LogP contribution in [0.3, 0.4) is 0 Å². The van der Waals surface area contributed by atoms with Crippen molar-refractivity contribution in [2.75, 3.05) is 25.9 Å². The SMILES string of the molecule is CCS(=O)C1CCCC(NC(=NC)NCCNS(=O)(=O)c2ccccc2)C1. The zero-order valence-corrected chi connectivity index (χ0v) is 17.6. The molecule has 0 radical (unpaired) electrons. The molecule has 1 fully saturated rings. The van der Waals surface area contributed by atoms with Gasteiger partial charge in [0.05, 0.1) is 4.90 Å². The fraction of sp³-hybridized carbons (Fsp3) is 0.611. The van der Waals surface area contributed by atoms with E-state index in [0.29, 0.717) is 18.3 Å². The first-order chi connectivity index (χ1) is 13.0. The van der Waals surface area contributed by atoms with Gasteiger partial charge in [0, 0.05) is 48.0 Å². The van der Waals surface area contributed by atoms with Crippen LogP contribution in [0.1, 0.15) is 32.6 Å². The van der Waals surface area contributed by atoms with Crippen LogP contribution in [-0.4, -0.2) is 55.8 Å². The van der Waals surface area contributed by atoms with E-state index in [1.807, 2.05) is 6.92 Å². The maximum atomic E-state index is 12.2. The van der Waals surface area contributed by atoms with Crippen LogP contribution < -0.4 is 15.4 Å². The van der Waals surface area contributed by atoms with Crippen molar-refractivity contribution in [3.05, 3.63) is 30.3 Å². The van der Waals surface area contributed by atoms with Crippen molar-refractivity contribution in [3.63, 3.8) is 0 Å². The maximum absolute atomic E-state index is 12.2. The van der Waals surface area contributed by atoms with Gasteiger partial charge >= 0.3 is 0 Å². The van der Waals surface area contributed by atoms with Gasteiger partial charge in [-0.25, -0.2) is 13.1 Å². The average molecular weight is 415 g/mol. The smallest absolute Gasteiger partial charge is 0.240 e. The molecule has 1 aliphatic carbocycles. The van der Waals surface area contributed by atoms with Gasteiger partial charge in [-0.3, -0.25) is 9.20 Å². The Balaban J connectivity index is 1.77. The number of nitrogens with one attached hydrogen (secondary N) is 3. The van der Waals surface area contributed by atoms with Crippen LogP contribution in [0.4, 0.5) is 0 Å². The molecular weight excluding hydrogens is 384 g/mol. The van der Waals surface area contributed by atoms with Crippen molar-refractivity contribution < 1.29 is 12.6 Å².